The Labute approximate surface area is 95.6 Å². The van der Waals surface area contributed by atoms with E-state index in [0.717, 1.165) is 25.0 Å². The summed E-state index contributed by atoms with van der Waals surface area (Å²) in [7, 11) is 0. The van der Waals surface area contributed by atoms with Crippen LogP contribution in [0, 0.1) is 0 Å². The van der Waals surface area contributed by atoms with E-state index in [1.165, 1.54) is 22.4 Å². The molecule has 0 aromatic heterocycles. The number of carbonyl (C=O) groups excluding carboxylic acids is 1. The van der Waals surface area contributed by atoms with Crippen molar-refractivity contribution in [1.82, 2.24) is 0 Å². The third-order valence-corrected chi connectivity index (χ3v) is 3.54. The minimum Gasteiger partial charge on any atom is -0.312 e. The Bertz CT molecular complexity index is 502. The molecule has 2 heterocycles. The molecular formula is C14H15NO. The standard InChI is InChI=1S/C14H15NO/c1-9(2)12-7-10-3-4-13(16)15-6-5-11(8-12)14(10)15/h7-8H,1,3-6H2,2H3. The second-order valence-electron chi connectivity index (χ2n) is 4.72. The van der Waals surface area contributed by atoms with Crippen LogP contribution in [0.5, 0.6) is 0 Å². The fraction of sp³-hybridized carbons (Fsp3) is 0.357. The quantitative estimate of drug-likeness (QED) is 0.702. The lowest BCUT2D eigenvalue weighted by molar-refractivity contribution is -0.118. The summed E-state index contributed by atoms with van der Waals surface area (Å²) in [5, 5.41) is 0. The molecule has 2 aliphatic heterocycles. The van der Waals surface area contributed by atoms with Gasteiger partial charge in [0.1, 0.15) is 0 Å². The van der Waals surface area contributed by atoms with Gasteiger partial charge >= 0.3 is 0 Å². The number of hydrogen-bond donors (Lipinski definition) is 0. The minimum absolute atomic E-state index is 0.286. The van der Waals surface area contributed by atoms with Crippen molar-refractivity contribution in [3.63, 3.8) is 0 Å². The molecule has 16 heavy (non-hydrogen) atoms. The van der Waals surface area contributed by atoms with Crippen LogP contribution in [-0.4, -0.2) is 12.5 Å². The molecule has 0 aliphatic carbocycles. The van der Waals surface area contributed by atoms with E-state index in [2.05, 4.69) is 18.7 Å². The number of nitrogens with zero attached hydrogens (tertiary/aromatic N) is 1. The summed E-state index contributed by atoms with van der Waals surface area (Å²) in [5.74, 6) is 0.286. The molecule has 2 heteroatoms. The van der Waals surface area contributed by atoms with Gasteiger partial charge in [-0.25, -0.2) is 0 Å². The topological polar surface area (TPSA) is 20.3 Å². The molecule has 0 unspecified atom stereocenters. The highest BCUT2D eigenvalue weighted by Crippen LogP contribution is 2.38. The molecular weight excluding hydrogens is 198 g/mol. The van der Waals surface area contributed by atoms with E-state index in [0.29, 0.717) is 6.42 Å². The van der Waals surface area contributed by atoms with Crippen LogP contribution in [0.25, 0.3) is 5.57 Å². The molecule has 0 atom stereocenters. The zero-order valence-electron chi connectivity index (χ0n) is 9.55. The molecule has 1 aromatic rings. The highest BCUT2D eigenvalue weighted by molar-refractivity contribution is 5.99. The average Bonchev–Trinajstić information content (AvgIpc) is 2.68. The molecule has 0 fully saturated rings. The molecule has 3 rings (SSSR count). The summed E-state index contributed by atoms with van der Waals surface area (Å²) in [4.78, 5) is 13.7. The first-order valence-corrected chi connectivity index (χ1v) is 5.79. The van der Waals surface area contributed by atoms with Crippen LogP contribution in [0.4, 0.5) is 5.69 Å². The predicted molar refractivity (Wildman–Crippen MR) is 65.5 cm³/mol. The minimum atomic E-state index is 0.286. The third-order valence-electron chi connectivity index (χ3n) is 3.54. The number of allylic oxidation sites excluding steroid dienone is 1. The van der Waals surface area contributed by atoms with Crippen LogP contribution in [0.2, 0.25) is 0 Å². The first-order chi connectivity index (χ1) is 7.66. The molecule has 0 saturated carbocycles. The van der Waals surface area contributed by atoms with Gasteiger partial charge in [-0.05, 0) is 48.6 Å². The van der Waals surface area contributed by atoms with Gasteiger partial charge in [-0.2, -0.15) is 0 Å². The van der Waals surface area contributed by atoms with Gasteiger partial charge in [0.15, 0.2) is 0 Å². The number of carbonyl (C=O) groups is 1. The monoisotopic (exact) mass is 213 g/mol. The van der Waals surface area contributed by atoms with Gasteiger partial charge in [0, 0.05) is 13.0 Å². The van der Waals surface area contributed by atoms with Crippen LogP contribution >= 0.6 is 0 Å². The Kier molecular flexibility index (Phi) is 1.93. The Morgan fingerprint density at radius 3 is 2.62 bits per heavy atom. The van der Waals surface area contributed by atoms with Crippen molar-refractivity contribution in [1.29, 1.82) is 0 Å². The number of anilines is 1. The van der Waals surface area contributed by atoms with E-state index in [9.17, 15) is 4.79 Å². The zero-order valence-corrected chi connectivity index (χ0v) is 9.55. The van der Waals surface area contributed by atoms with Crippen LogP contribution in [0.1, 0.15) is 30.0 Å². The van der Waals surface area contributed by atoms with Crippen molar-refractivity contribution in [2.45, 2.75) is 26.2 Å². The highest BCUT2D eigenvalue weighted by Gasteiger charge is 2.31. The molecule has 1 aromatic carbocycles. The Morgan fingerprint density at radius 1 is 1.25 bits per heavy atom. The Hall–Kier alpha value is -1.57. The van der Waals surface area contributed by atoms with Crippen LogP contribution < -0.4 is 4.90 Å². The fourth-order valence-electron chi connectivity index (χ4n) is 2.70. The molecule has 2 nitrogen and oxygen atoms in total. The summed E-state index contributed by atoms with van der Waals surface area (Å²) in [5.41, 5.74) is 6.18. The van der Waals surface area contributed by atoms with Crippen molar-refractivity contribution in [3.8, 4) is 0 Å². The van der Waals surface area contributed by atoms with Crippen molar-refractivity contribution in [3.05, 3.63) is 35.4 Å². The van der Waals surface area contributed by atoms with Crippen LogP contribution in [0.3, 0.4) is 0 Å². The van der Waals surface area contributed by atoms with E-state index in [4.69, 9.17) is 0 Å². The molecule has 0 N–H and O–H groups in total. The van der Waals surface area contributed by atoms with Crippen LogP contribution in [-0.2, 0) is 17.6 Å². The van der Waals surface area contributed by atoms with Crippen molar-refractivity contribution < 1.29 is 4.79 Å². The summed E-state index contributed by atoms with van der Waals surface area (Å²) in [6, 6.07) is 4.39. The predicted octanol–water partition coefficient (Wildman–Crippen LogP) is 2.56. The number of aryl methyl sites for hydroxylation is 1. The Morgan fingerprint density at radius 2 is 1.94 bits per heavy atom. The van der Waals surface area contributed by atoms with E-state index in [1.807, 2.05) is 11.8 Å². The maximum Gasteiger partial charge on any atom is 0.227 e. The number of hydrogen-bond acceptors (Lipinski definition) is 1. The molecule has 0 radical (unpaired) electrons. The van der Waals surface area contributed by atoms with Gasteiger partial charge in [-0.1, -0.05) is 12.2 Å². The molecule has 0 saturated heterocycles. The van der Waals surface area contributed by atoms with Gasteiger partial charge in [0.05, 0.1) is 5.69 Å². The summed E-state index contributed by atoms with van der Waals surface area (Å²) in [6.07, 6.45) is 2.54. The number of benzene rings is 1. The van der Waals surface area contributed by atoms with Gasteiger partial charge in [-0.15, -0.1) is 0 Å². The van der Waals surface area contributed by atoms with Gasteiger partial charge in [0.2, 0.25) is 5.91 Å². The molecule has 1 amide bonds. The largest absolute Gasteiger partial charge is 0.312 e. The van der Waals surface area contributed by atoms with E-state index >= 15 is 0 Å². The van der Waals surface area contributed by atoms with E-state index in [1.54, 1.807) is 0 Å². The van der Waals surface area contributed by atoms with Gasteiger partial charge < -0.3 is 4.90 Å². The lowest BCUT2D eigenvalue weighted by Crippen LogP contribution is -2.32. The zero-order chi connectivity index (χ0) is 11.3. The van der Waals surface area contributed by atoms with Crippen molar-refractivity contribution >= 4 is 17.2 Å². The van der Waals surface area contributed by atoms with Gasteiger partial charge in [0.25, 0.3) is 0 Å². The molecule has 2 aliphatic rings. The summed E-state index contributed by atoms with van der Waals surface area (Å²) >= 11 is 0. The second kappa shape index (κ2) is 3.21. The first kappa shape index (κ1) is 9.64. The second-order valence-corrected chi connectivity index (χ2v) is 4.72. The number of rotatable bonds is 1. The fourth-order valence-corrected chi connectivity index (χ4v) is 2.70. The van der Waals surface area contributed by atoms with Crippen molar-refractivity contribution in [2.24, 2.45) is 0 Å². The third kappa shape index (κ3) is 1.22. The lowest BCUT2D eigenvalue weighted by Gasteiger charge is -2.25. The van der Waals surface area contributed by atoms with Crippen LogP contribution in [0.15, 0.2) is 18.7 Å². The first-order valence-electron chi connectivity index (χ1n) is 5.79. The Balaban J connectivity index is 2.20. The SMILES string of the molecule is C=C(C)c1cc2c3c(c1)CCN3C(=O)CC2. The highest BCUT2D eigenvalue weighted by atomic mass is 16.2. The summed E-state index contributed by atoms with van der Waals surface area (Å²) in [6.45, 7) is 6.90. The maximum atomic E-state index is 11.7. The van der Waals surface area contributed by atoms with Gasteiger partial charge in [-0.3, -0.25) is 4.79 Å². The van der Waals surface area contributed by atoms with E-state index in [-0.39, 0.29) is 5.91 Å². The average molecular weight is 213 g/mol. The lowest BCUT2D eigenvalue weighted by atomic mass is 9.94. The normalized spacial score (nSPS) is 17.6. The smallest absolute Gasteiger partial charge is 0.227 e. The number of amides is 1. The molecule has 82 valence electrons. The molecule has 0 spiro atoms. The summed E-state index contributed by atoms with van der Waals surface area (Å²) < 4.78 is 0. The molecule has 0 bridgehead atoms. The van der Waals surface area contributed by atoms with Crippen molar-refractivity contribution in [2.75, 3.05) is 11.4 Å². The van der Waals surface area contributed by atoms with E-state index < -0.39 is 0 Å². The maximum absolute atomic E-state index is 11.7.